The van der Waals surface area contributed by atoms with Crippen molar-refractivity contribution in [2.45, 2.75) is 44.9 Å². The zero-order valence-electron chi connectivity index (χ0n) is 12.1. The first-order chi connectivity index (χ1) is 9.86. The molecule has 0 amide bonds. The Bertz CT molecular complexity index is 535. The van der Waals surface area contributed by atoms with Gasteiger partial charge in [0.05, 0.1) is 11.1 Å². The Balaban J connectivity index is 1.73. The lowest BCUT2D eigenvalue weighted by Gasteiger charge is -1.95. The van der Waals surface area contributed by atoms with Crippen LogP contribution in [0, 0.1) is 0 Å². The number of thiophene rings is 1. The third-order valence-electron chi connectivity index (χ3n) is 3.86. The van der Waals surface area contributed by atoms with Gasteiger partial charge in [-0.3, -0.25) is 0 Å². The SMILES string of the molecule is CNCCCc1ncc(-c2cc3c(s2)CCCCC3)o1. The Hall–Kier alpha value is -1.13. The van der Waals surface area contributed by atoms with Gasteiger partial charge in [-0.15, -0.1) is 11.3 Å². The van der Waals surface area contributed by atoms with Crippen molar-refractivity contribution in [1.82, 2.24) is 10.3 Å². The van der Waals surface area contributed by atoms with Crippen molar-refractivity contribution in [2.24, 2.45) is 0 Å². The van der Waals surface area contributed by atoms with E-state index < -0.39 is 0 Å². The molecule has 2 heterocycles. The summed E-state index contributed by atoms with van der Waals surface area (Å²) in [4.78, 5) is 7.22. The Morgan fingerprint density at radius 3 is 3.10 bits per heavy atom. The van der Waals surface area contributed by atoms with Crippen LogP contribution in [0.2, 0.25) is 0 Å². The monoisotopic (exact) mass is 290 g/mol. The second-order valence-electron chi connectivity index (χ2n) is 5.45. The molecule has 0 radical (unpaired) electrons. The summed E-state index contributed by atoms with van der Waals surface area (Å²) in [6, 6.07) is 2.32. The van der Waals surface area contributed by atoms with E-state index in [1.54, 1.807) is 4.88 Å². The standard InChI is InChI=1S/C16H22N2OS/c1-17-9-5-8-16-18-11-13(19-16)15-10-12-6-3-2-4-7-14(12)20-15/h10-11,17H,2-9H2,1H3. The average Bonchev–Trinajstić information content (AvgIpc) is 3.02. The van der Waals surface area contributed by atoms with Gasteiger partial charge in [0.1, 0.15) is 0 Å². The second-order valence-corrected chi connectivity index (χ2v) is 6.58. The predicted octanol–water partition coefficient (Wildman–Crippen LogP) is 3.82. The molecular formula is C16H22N2OS. The van der Waals surface area contributed by atoms with Crippen LogP contribution in [-0.2, 0) is 19.3 Å². The van der Waals surface area contributed by atoms with Crippen molar-refractivity contribution in [2.75, 3.05) is 13.6 Å². The summed E-state index contributed by atoms with van der Waals surface area (Å²) in [7, 11) is 1.97. The number of rotatable bonds is 5. The normalized spacial score (nSPS) is 15.1. The van der Waals surface area contributed by atoms with E-state index in [4.69, 9.17) is 4.42 Å². The van der Waals surface area contributed by atoms with Gasteiger partial charge in [0.15, 0.2) is 11.7 Å². The van der Waals surface area contributed by atoms with Crippen molar-refractivity contribution >= 4 is 11.3 Å². The molecule has 20 heavy (non-hydrogen) atoms. The van der Waals surface area contributed by atoms with E-state index in [9.17, 15) is 0 Å². The van der Waals surface area contributed by atoms with Gasteiger partial charge in [-0.25, -0.2) is 4.98 Å². The first kappa shape index (κ1) is 13.8. The van der Waals surface area contributed by atoms with E-state index in [0.717, 1.165) is 31.0 Å². The van der Waals surface area contributed by atoms with Crippen molar-refractivity contribution in [3.8, 4) is 10.6 Å². The molecule has 0 saturated carbocycles. The van der Waals surface area contributed by atoms with Crippen LogP contribution in [-0.4, -0.2) is 18.6 Å². The van der Waals surface area contributed by atoms with Gasteiger partial charge in [-0.2, -0.15) is 0 Å². The predicted molar refractivity (Wildman–Crippen MR) is 83.3 cm³/mol. The van der Waals surface area contributed by atoms with E-state index >= 15 is 0 Å². The number of oxazole rings is 1. The van der Waals surface area contributed by atoms with E-state index in [-0.39, 0.29) is 0 Å². The maximum absolute atomic E-state index is 5.90. The molecular weight excluding hydrogens is 268 g/mol. The van der Waals surface area contributed by atoms with Gasteiger partial charge in [-0.1, -0.05) is 6.42 Å². The number of hydrogen-bond acceptors (Lipinski definition) is 4. The van der Waals surface area contributed by atoms with Crippen LogP contribution >= 0.6 is 11.3 Å². The molecule has 1 aliphatic rings. The zero-order valence-corrected chi connectivity index (χ0v) is 12.9. The minimum atomic E-state index is 0.860. The molecule has 0 bridgehead atoms. The van der Waals surface area contributed by atoms with E-state index in [0.29, 0.717) is 0 Å². The van der Waals surface area contributed by atoms with Crippen molar-refractivity contribution in [1.29, 1.82) is 0 Å². The maximum Gasteiger partial charge on any atom is 0.194 e. The molecule has 3 nitrogen and oxygen atoms in total. The summed E-state index contributed by atoms with van der Waals surface area (Å²) in [5.41, 5.74) is 1.54. The van der Waals surface area contributed by atoms with Crippen LogP contribution in [0.5, 0.6) is 0 Å². The highest BCUT2D eigenvalue weighted by atomic mass is 32.1. The average molecular weight is 290 g/mol. The third kappa shape index (κ3) is 3.13. The van der Waals surface area contributed by atoms with E-state index in [1.807, 2.05) is 24.6 Å². The summed E-state index contributed by atoms with van der Waals surface area (Å²) in [5, 5.41) is 3.15. The molecule has 108 valence electrons. The van der Waals surface area contributed by atoms with Crippen LogP contribution in [0.15, 0.2) is 16.7 Å². The highest BCUT2D eigenvalue weighted by Gasteiger charge is 2.15. The Morgan fingerprint density at radius 2 is 2.20 bits per heavy atom. The molecule has 0 fully saturated rings. The Kier molecular flexibility index (Phi) is 4.53. The fourth-order valence-corrected chi connectivity index (χ4v) is 3.95. The van der Waals surface area contributed by atoms with E-state index in [1.165, 1.54) is 42.5 Å². The van der Waals surface area contributed by atoms with Crippen LogP contribution in [0.4, 0.5) is 0 Å². The van der Waals surface area contributed by atoms with Crippen LogP contribution < -0.4 is 5.32 Å². The van der Waals surface area contributed by atoms with Gasteiger partial charge in [0.2, 0.25) is 0 Å². The summed E-state index contributed by atoms with van der Waals surface area (Å²) >= 11 is 1.90. The van der Waals surface area contributed by atoms with E-state index in [2.05, 4.69) is 16.4 Å². The number of aromatic nitrogens is 1. The lowest BCUT2D eigenvalue weighted by molar-refractivity contribution is 0.496. The first-order valence-electron chi connectivity index (χ1n) is 7.58. The topological polar surface area (TPSA) is 38.1 Å². The Labute approximate surface area is 124 Å². The molecule has 0 aromatic carbocycles. The molecule has 2 aromatic rings. The quantitative estimate of drug-likeness (QED) is 0.672. The molecule has 2 aromatic heterocycles. The smallest absolute Gasteiger partial charge is 0.194 e. The molecule has 1 aliphatic carbocycles. The molecule has 3 rings (SSSR count). The third-order valence-corrected chi connectivity index (χ3v) is 5.11. The highest BCUT2D eigenvalue weighted by molar-refractivity contribution is 7.15. The molecule has 0 aliphatic heterocycles. The van der Waals surface area contributed by atoms with Crippen LogP contribution in [0.1, 0.15) is 42.0 Å². The largest absolute Gasteiger partial charge is 0.440 e. The lowest BCUT2D eigenvalue weighted by atomic mass is 10.1. The van der Waals surface area contributed by atoms with Crippen molar-refractivity contribution in [3.05, 3.63) is 28.6 Å². The summed E-state index contributed by atoms with van der Waals surface area (Å²) in [6.07, 6.45) is 10.4. The lowest BCUT2D eigenvalue weighted by Crippen LogP contribution is -2.08. The molecule has 0 saturated heterocycles. The van der Waals surface area contributed by atoms with Crippen LogP contribution in [0.3, 0.4) is 0 Å². The summed E-state index contributed by atoms with van der Waals surface area (Å²) in [5.74, 6) is 1.81. The molecule has 4 heteroatoms. The molecule has 1 N–H and O–H groups in total. The minimum Gasteiger partial charge on any atom is -0.440 e. The van der Waals surface area contributed by atoms with Crippen molar-refractivity contribution < 1.29 is 4.42 Å². The Morgan fingerprint density at radius 1 is 1.30 bits per heavy atom. The number of nitrogens with one attached hydrogen (secondary N) is 1. The van der Waals surface area contributed by atoms with Gasteiger partial charge in [0.25, 0.3) is 0 Å². The molecule has 0 atom stereocenters. The maximum atomic E-state index is 5.90. The van der Waals surface area contributed by atoms with Gasteiger partial charge in [-0.05, 0) is 57.3 Å². The van der Waals surface area contributed by atoms with Crippen LogP contribution in [0.25, 0.3) is 10.6 Å². The number of nitrogens with zero attached hydrogens (tertiary/aromatic N) is 1. The summed E-state index contributed by atoms with van der Waals surface area (Å²) < 4.78 is 5.90. The van der Waals surface area contributed by atoms with Gasteiger partial charge < -0.3 is 9.73 Å². The molecule has 0 unspecified atom stereocenters. The fourth-order valence-electron chi connectivity index (χ4n) is 2.75. The zero-order chi connectivity index (χ0) is 13.8. The summed E-state index contributed by atoms with van der Waals surface area (Å²) in [6.45, 7) is 1.00. The molecule has 0 spiro atoms. The number of aryl methyl sites for hydroxylation is 3. The second kappa shape index (κ2) is 6.55. The van der Waals surface area contributed by atoms with Crippen molar-refractivity contribution in [3.63, 3.8) is 0 Å². The highest BCUT2D eigenvalue weighted by Crippen LogP contribution is 2.35. The number of fused-ring (bicyclic) bond motifs is 1. The first-order valence-corrected chi connectivity index (χ1v) is 8.40. The fraction of sp³-hybridized carbons (Fsp3) is 0.562. The van der Waals surface area contributed by atoms with Gasteiger partial charge >= 0.3 is 0 Å². The minimum absolute atomic E-state index is 0.860. The number of hydrogen-bond donors (Lipinski definition) is 1. The van der Waals surface area contributed by atoms with Gasteiger partial charge in [0, 0.05) is 11.3 Å².